The second-order valence-corrected chi connectivity index (χ2v) is 5.85. The van der Waals surface area contributed by atoms with Gasteiger partial charge in [0.15, 0.2) is 11.6 Å². The van der Waals surface area contributed by atoms with Crippen molar-refractivity contribution in [3.63, 3.8) is 0 Å². The van der Waals surface area contributed by atoms with E-state index < -0.39 is 11.6 Å². The third-order valence-corrected chi connectivity index (χ3v) is 5.22. The van der Waals surface area contributed by atoms with Crippen LogP contribution in [-0.4, -0.2) is 10.9 Å². The van der Waals surface area contributed by atoms with Gasteiger partial charge in [0.25, 0.3) is 0 Å². The molecule has 0 amide bonds. The molecule has 1 aromatic carbocycles. The van der Waals surface area contributed by atoms with Crippen molar-refractivity contribution in [1.82, 2.24) is 0 Å². The van der Waals surface area contributed by atoms with Crippen LogP contribution in [0.2, 0.25) is 0 Å². The molecule has 17 heavy (non-hydrogen) atoms. The number of benzene rings is 1. The topological polar surface area (TPSA) is 9.23 Å². The third kappa shape index (κ3) is 2.19. The van der Waals surface area contributed by atoms with Crippen LogP contribution in [0.25, 0.3) is 0 Å². The lowest BCUT2D eigenvalue weighted by Crippen LogP contribution is -2.54. The Balaban J connectivity index is 2.09. The van der Waals surface area contributed by atoms with Crippen molar-refractivity contribution in [2.75, 3.05) is 0 Å². The lowest BCUT2D eigenvalue weighted by atomic mass is 9.65. The largest absolute Gasteiger partial charge is 0.490 e. The minimum atomic E-state index is -0.865. The van der Waals surface area contributed by atoms with Gasteiger partial charge >= 0.3 is 0 Å². The fraction of sp³-hybridized carbons (Fsp3) is 0.538. The van der Waals surface area contributed by atoms with Gasteiger partial charge in [-0.1, -0.05) is 29.8 Å². The summed E-state index contributed by atoms with van der Waals surface area (Å²) in [6.45, 7) is 4.25. The van der Waals surface area contributed by atoms with Crippen LogP contribution in [0.15, 0.2) is 18.2 Å². The molecule has 0 heterocycles. The summed E-state index contributed by atoms with van der Waals surface area (Å²) in [6.07, 6.45) is 1.93. The molecule has 1 fully saturated rings. The fourth-order valence-corrected chi connectivity index (χ4v) is 3.07. The lowest BCUT2D eigenvalue weighted by molar-refractivity contribution is -0.0245. The maximum absolute atomic E-state index is 13.0. The number of halogens is 3. The highest BCUT2D eigenvalue weighted by molar-refractivity contribution is 9.09. The predicted molar refractivity (Wildman–Crippen MR) is 66.5 cm³/mol. The van der Waals surface area contributed by atoms with Crippen LogP contribution in [0.5, 0.6) is 5.75 Å². The molecule has 1 saturated carbocycles. The van der Waals surface area contributed by atoms with E-state index in [2.05, 4.69) is 29.8 Å². The van der Waals surface area contributed by atoms with Crippen LogP contribution in [-0.2, 0) is 0 Å². The SMILES string of the molecule is CCC1(C)C(Br)CC1Oc1ccc(F)c(F)c1. The maximum Gasteiger partial charge on any atom is 0.162 e. The molecular weight excluding hydrogens is 290 g/mol. The zero-order valence-electron chi connectivity index (χ0n) is 9.84. The first-order valence-electron chi connectivity index (χ1n) is 5.73. The van der Waals surface area contributed by atoms with Crippen molar-refractivity contribution in [2.45, 2.75) is 37.6 Å². The summed E-state index contributed by atoms with van der Waals surface area (Å²) in [6, 6.07) is 3.67. The van der Waals surface area contributed by atoms with Crippen LogP contribution in [0, 0.1) is 17.0 Å². The summed E-state index contributed by atoms with van der Waals surface area (Å²) in [5.41, 5.74) is 0.0604. The van der Waals surface area contributed by atoms with Crippen LogP contribution in [0.4, 0.5) is 8.78 Å². The van der Waals surface area contributed by atoms with E-state index in [1.165, 1.54) is 6.07 Å². The highest BCUT2D eigenvalue weighted by atomic mass is 79.9. The highest BCUT2D eigenvalue weighted by Gasteiger charge is 2.50. The molecule has 0 radical (unpaired) electrons. The Bertz CT molecular complexity index is 424. The van der Waals surface area contributed by atoms with Crippen LogP contribution >= 0.6 is 15.9 Å². The molecule has 2 rings (SSSR count). The smallest absolute Gasteiger partial charge is 0.162 e. The Hall–Kier alpha value is -0.640. The van der Waals surface area contributed by atoms with E-state index in [9.17, 15) is 8.78 Å². The van der Waals surface area contributed by atoms with E-state index in [1.54, 1.807) is 0 Å². The van der Waals surface area contributed by atoms with Crippen molar-refractivity contribution < 1.29 is 13.5 Å². The Morgan fingerprint density at radius 3 is 2.65 bits per heavy atom. The van der Waals surface area contributed by atoms with Crippen molar-refractivity contribution in [3.05, 3.63) is 29.8 Å². The second-order valence-electron chi connectivity index (χ2n) is 4.75. The van der Waals surface area contributed by atoms with E-state index >= 15 is 0 Å². The lowest BCUT2D eigenvalue weighted by Gasteiger charge is -2.50. The van der Waals surface area contributed by atoms with Gasteiger partial charge in [0.05, 0.1) is 0 Å². The Morgan fingerprint density at radius 1 is 1.41 bits per heavy atom. The molecule has 1 aliphatic carbocycles. The van der Waals surface area contributed by atoms with Crippen molar-refractivity contribution >= 4 is 15.9 Å². The molecule has 1 nitrogen and oxygen atoms in total. The van der Waals surface area contributed by atoms with E-state index in [1.807, 2.05) is 0 Å². The number of alkyl halides is 1. The predicted octanol–water partition coefficient (Wildman–Crippen LogP) is 4.30. The first-order chi connectivity index (χ1) is 7.97. The summed E-state index contributed by atoms with van der Waals surface area (Å²) >= 11 is 3.61. The molecule has 1 aromatic rings. The van der Waals surface area contributed by atoms with Gasteiger partial charge in [-0.3, -0.25) is 0 Å². The average molecular weight is 305 g/mol. The minimum absolute atomic E-state index is 0.0572. The molecule has 0 aliphatic heterocycles. The molecule has 1 aliphatic rings. The number of rotatable bonds is 3. The number of ether oxygens (including phenoxy) is 1. The standard InChI is InChI=1S/C13H15BrF2O/c1-3-13(2)11(14)7-12(13)17-8-4-5-9(15)10(16)6-8/h4-6,11-12H,3,7H2,1-2H3. The molecule has 3 unspecified atom stereocenters. The Kier molecular flexibility index (Phi) is 3.43. The first-order valence-corrected chi connectivity index (χ1v) is 6.64. The van der Waals surface area contributed by atoms with Crippen molar-refractivity contribution in [3.8, 4) is 5.75 Å². The van der Waals surface area contributed by atoms with Crippen LogP contribution in [0.1, 0.15) is 26.7 Å². The van der Waals surface area contributed by atoms with E-state index in [0.717, 1.165) is 25.0 Å². The van der Waals surface area contributed by atoms with Crippen molar-refractivity contribution in [1.29, 1.82) is 0 Å². The van der Waals surface area contributed by atoms with Gasteiger partial charge in [0.1, 0.15) is 11.9 Å². The Labute approximate surface area is 108 Å². The summed E-state index contributed by atoms with van der Waals surface area (Å²) < 4.78 is 31.5. The van der Waals surface area contributed by atoms with Gasteiger partial charge in [0, 0.05) is 16.3 Å². The molecule has 94 valence electrons. The summed E-state index contributed by atoms with van der Waals surface area (Å²) in [4.78, 5) is 0.426. The van der Waals surface area contributed by atoms with Crippen LogP contribution in [0.3, 0.4) is 0 Å². The molecule has 3 atom stereocenters. The minimum Gasteiger partial charge on any atom is -0.490 e. The van der Waals surface area contributed by atoms with Gasteiger partial charge in [-0.2, -0.15) is 0 Å². The zero-order chi connectivity index (χ0) is 12.6. The molecule has 0 bridgehead atoms. The highest BCUT2D eigenvalue weighted by Crippen LogP contribution is 2.50. The van der Waals surface area contributed by atoms with E-state index in [0.29, 0.717) is 10.6 Å². The third-order valence-electron chi connectivity index (χ3n) is 3.80. The zero-order valence-corrected chi connectivity index (χ0v) is 11.4. The van der Waals surface area contributed by atoms with E-state index in [4.69, 9.17) is 4.74 Å². The summed E-state index contributed by atoms with van der Waals surface area (Å²) in [5, 5.41) is 0. The summed E-state index contributed by atoms with van der Waals surface area (Å²) in [7, 11) is 0. The van der Waals surface area contributed by atoms with Crippen LogP contribution < -0.4 is 4.74 Å². The van der Waals surface area contributed by atoms with E-state index in [-0.39, 0.29) is 11.5 Å². The van der Waals surface area contributed by atoms with Crippen molar-refractivity contribution in [2.24, 2.45) is 5.41 Å². The van der Waals surface area contributed by atoms with Gasteiger partial charge in [-0.15, -0.1) is 0 Å². The number of hydrogen-bond acceptors (Lipinski definition) is 1. The van der Waals surface area contributed by atoms with Gasteiger partial charge in [0.2, 0.25) is 0 Å². The Morgan fingerprint density at radius 2 is 2.12 bits per heavy atom. The quantitative estimate of drug-likeness (QED) is 0.757. The maximum atomic E-state index is 13.0. The van der Waals surface area contributed by atoms with Gasteiger partial charge < -0.3 is 4.74 Å². The normalized spacial score (nSPS) is 32.1. The fourth-order valence-electron chi connectivity index (χ4n) is 2.11. The molecule has 0 aromatic heterocycles. The second kappa shape index (κ2) is 4.56. The monoisotopic (exact) mass is 304 g/mol. The molecule has 0 saturated heterocycles. The van der Waals surface area contributed by atoms with Gasteiger partial charge in [-0.25, -0.2) is 8.78 Å². The molecular formula is C13H15BrF2O. The first kappa shape index (κ1) is 12.8. The number of hydrogen-bond donors (Lipinski definition) is 0. The molecule has 0 N–H and O–H groups in total. The summed E-state index contributed by atoms with van der Waals surface area (Å²) in [5.74, 6) is -1.31. The average Bonchev–Trinajstić information content (AvgIpc) is 2.32. The molecule has 4 heteroatoms. The molecule has 0 spiro atoms. The van der Waals surface area contributed by atoms with Gasteiger partial charge in [-0.05, 0) is 25.0 Å².